The summed E-state index contributed by atoms with van der Waals surface area (Å²) in [6.45, 7) is 1.75. The van der Waals surface area contributed by atoms with Crippen molar-refractivity contribution in [1.29, 1.82) is 0 Å². The van der Waals surface area contributed by atoms with Crippen LogP contribution in [-0.2, 0) is 11.3 Å². The first kappa shape index (κ1) is 19.3. The second-order valence-electron chi connectivity index (χ2n) is 6.17. The van der Waals surface area contributed by atoms with Gasteiger partial charge in [-0.1, -0.05) is 35.1 Å². The molecule has 1 amide bonds. The van der Waals surface area contributed by atoms with E-state index in [-0.39, 0.29) is 23.8 Å². The minimum absolute atomic E-state index is 0.00522. The van der Waals surface area contributed by atoms with Gasteiger partial charge in [0.2, 0.25) is 5.91 Å². The summed E-state index contributed by atoms with van der Waals surface area (Å²) < 4.78 is 20.9. The average Bonchev–Trinajstić information content (AvgIpc) is 3.33. The Balaban J connectivity index is 1.61. The van der Waals surface area contributed by atoms with E-state index in [1.54, 1.807) is 42.6 Å². The number of fused-ring (bicyclic) bond motifs is 1. The lowest BCUT2D eigenvalue weighted by Crippen LogP contribution is -2.24. The summed E-state index contributed by atoms with van der Waals surface area (Å²) >= 11 is 2.39. The first-order chi connectivity index (χ1) is 14.0. The summed E-state index contributed by atoms with van der Waals surface area (Å²) in [6, 6.07) is 9.62. The van der Waals surface area contributed by atoms with Crippen LogP contribution in [0.15, 0.2) is 56.3 Å². The van der Waals surface area contributed by atoms with E-state index in [9.17, 15) is 14.0 Å². The number of hydrogen-bond donors (Lipinski definition) is 1. The number of hydrogen-bond acceptors (Lipinski definition) is 7. The van der Waals surface area contributed by atoms with Crippen molar-refractivity contribution < 1.29 is 13.7 Å². The van der Waals surface area contributed by atoms with Gasteiger partial charge in [-0.05, 0) is 24.4 Å². The quantitative estimate of drug-likeness (QED) is 0.371. The van der Waals surface area contributed by atoms with Gasteiger partial charge < -0.3 is 9.84 Å². The number of thiophene rings is 1. The number of carbonyl (C=O) groups excluding carboxylic acids is 1. The zero-order valence-corrected chi connectivity index (χ0v) is 16.8. The van der Waals surface area contributed by atoms with Crippen molar-refractivity contribution in [2.75, 3.05) is 11.1 Å². The average molecular weight is 430 g/mol. The molecular formula is C19H15FN4O3S2. The normalized spacial score (nSPS) is 11.1. The minimum atomic E-state index is -0.402. The Bertz CT molecular complexity index is 1250. The zero-order chi connectivity index (χ0) is 20.4. The van der Waals surface area contributed by atoms with E-state index in [1.807, 2.05) is 0 Å². The van der Waals surface area contributed by atoms with Crippen molar-refractivity contribution in [3.63, 3.8) is 0 Å². The Morgan fingerprint density at radius 2 is 2.17 bits per heavy atom. The third kappa shape index (κ3) is 4.22. The highest BCUT2D eigenvalue weighted by atomic mass is 32.2. The Morgan fingerprint density at radius 3 is 2.93 bits per heavy atom. The van der Waals surface area contributed by atoms with Crippen LogP contribution in [0.2, 0.25) is 0 Å². The highest BCUT2D eigenvalue weighted by molar-refractivity contribution is 7.99. The van der Waals surface area contributed by atoms with Crippen LogP contribution in [0.3, 0.4) is 0 Å². The first-order valence-corrected chi connectivity index (χ1v) is 10.4. The van der Waals surface area contributed by atoms with Crippen LogP contribution in [0.5, 0.6) is 0 Å². The molecule has 0 fully saturated rings. The van der Waals surface area contributed by atoms with Gasteiger partial charge in [-0.2, -0.15) is 0 Å². The second-order valence-corrected chi connectivity index (χ2v) is 8.03. The molecule has 0 aliphatic carbocycles. The summed E-state index contributed by atoms with van der Waals surface area (Å²) in [6.07, 6.45) is 0. The monoisotopic (exact) mass is 430 g/mol. The molecule has 1 aromatic carbocycles. The van der Waals surface area contributed by atoms with Gasteiger partial charge in [0, 0.05) is 11.6 Å². The number of nitrogens with zero attached hydrogens (tertiary/aromatic N) is 3. The van der Waals surface area contributed by atoms with Gasteiger partial charge >= 0.3 is 0 Å². The minimum Gasteiger partial charge on any atom is -0.360 e. The lowest BCUT2D eigenvalue weighted by molar-refractivity contribution is -0.113. The molecule has 0 bridgehead atoms. The van der Waals surface area contributed by atoms with Crippen molar-refractivity contribution in [1.82, 2.24) is 14.7 Å². The molecule has 0 aliphatic heterocycles. The highest BCUT2D eigenvalue weighted by Crippen LogP contribution is 2.22. The molecular weight excluding hydrogens is 415 g/mol. The van der Waals surface area contributed by atoms with Crippen molar-refractivity contribution >= 4 is 45.0 Å². The standard InChI is InChI=1S/C19H15FN4O3S2/c1-11-8-15(23-27-11)22-16(25)10-29-19-21-14-6-7-28-17(14)18(26)24(19)9-12-4-2-3-5-13(12)20/h2-8H,9-10H2,1H3,(H,22,23,25). The van der Waals surface area contributed by atoms with Crippen molar-refractivity contribution in [3.8, 4) is 0 Å². The predicted molar refractivity (Wildman–Crippen MR) is 110 cm³/mol. The lowest BCUT2D eigenvalue weighted by atomic mass is 10.2. The SMILES string of the molecule is Cc1cc(NC(=O)CSc2nc3ccsc3c(=O)n2Cc2ccccc2F)no1. The van der Waals surface area contributed by atoms with Gasteiger partial charge in [0.1, 0.15) is 16.3 Å². The topological polar surface area (TPSA) is 90.0 Å². The Hall–Kier alpha value is -2.98. The molecule has 0 atom stereocenters. The molecule has 4 aromatic rings. The maximum atomic E-state index is 14.1. The summed E-state index contributed by atoms with van der Waals surface area (Å²) in [5, 5.41) is 8.46. The summed E-state index contributed by atoms with van der Waals surface area (Å²) in [4.78, 5) is 29.7. The number of anilines is 1. The fraction of sp³-hybridized carbons (Fsp3) is 0.158. The number of aryl methyl sites for hydroxylation is 1. The molecule has 148 valence electrons. The maximum Gasteiger partial charge on any atom is 0.272 e. The Kier molecular flexibility index (Phi) is 5.45. The molecule has 0 spiro atoms. The molecule has 3 aromatic heterocycles. The van der Waals surface area contributed by atoms with Crippen LogP contribution in [0, 0.1) is 12.7 Å². The number of halogens is 1. The van der Waals surface area contributed by atoms with Crippen LogP contribution >= 0.6 is 23.1 Å². The van der Waals surface area contributed by atoms with Gasteiger partial charge in [0.05, 0.1) is 17.8 Å². The molecule has 7 nitrogen and oxygen atoms in total. The van der Waals surface area contributed by atoms with E-state index >= 15 is 0 Å². The van der Waals surface area contributed by atoms with Gasteiger partial charge in [0.25, 0.3) is 5.56 Å². The summed E-state index contributed by atoms with van der Waals surface area (Å²) in [5.74, 6) is 0.182. The third-order valence-corrected chi connectivity index (χ3v) is 5.91. The molecule has 0 aliphatic rings. The van der Waals surface area contributed by atoms with Gasteiger partial charge in [-0.25, -0.2) is 9.37 Å². The molecule has 29 heavy (non-hydrogen) atoms. The van der Waals surface area contributed by atoms with E-state index < -0.39 is 5.82 Å². The second kappa shape index (κ2) is 8.18. The highest BCUT2D eigenvalue weighted by Gasteiger charge is 2.16. The summed E-state index contributed by atoms with van der Waals surface area (Å²) in [7, 11) is 0. The van der Waals surface area contributed by atoms with E-state index in [4.69, 9.17) is 4.52 Å². The number of aromatic nitrogens is 3. The number of benzene rings is 1. The smallest absolute Gasteiger partial charge is 0.272 e. The van der Waals surface area contributed by atoms with E-state index in [2.05, 4.69) is 15.5 Å². The van der Waals surface area contributed by atoms with Crippen LogP contribution in [-0.4, -0.2) is 26.4 Å². The number of nitrogens with one attached hydrogen (secondary N) is 1. The summed E-state index contributed by atoms with van der Waals surface area (Å²) in [5.41, 5.74) is 0.666. The van der Waals surface area contributed by atoms with E-state index in [1.165, 1.54) is 22.0 Å². The maximum absolute atomic E-state index is 14.1. The Morgan fingerprint density at radius 1 is 1.34 bits per heavy atom. The van der Waals surface area contributed by atoms with E-state index in [0.29, 0.717) is 32.5 Å². The van der Waals surface area contributed by atoms with Crippen molar-refractivity contribution in [3.05, 3.63) is 69.3 Å². The zero-order valence-electron chi connectivity index (χ0n) is 15.2. The predicted octanol–water partition coefficient (Wildman–Crippen LogP) is 3.67. The molecule has 0 saturated carbocycles. The number of amides is 1. The fourth-order valence-electron chi connectivity index (χ4n) is 2.70. The molecule has 0 radical (unpaired) electrons. The van der Waals surface area contributed by atoms with Gasteiger partial charge in [-0.15, -0.1) is 11.3 Å². The van der Waals surface area contributed by atoms with Gasteiger partial charge in [-0.3, -0.25) is 14.2 Å². The lowest BCUT2D eigenvalue weighted by Gasteiger charge is -2.12. The molecule has 0 saturated heterocycles. The molecule has 4 rings (SSSR count). The fourth-order valence-corrected chi connectivity index (χ4v) is 4.28. The number of carbonyl (C=O) groups is 1. The Labute approximate surface area is 172 Å². The van der Waals surface area contributed by atoms with Crippen LogP contribution in [0.1, 0.15) is 11.3 Å². The van der Waals surface area contributed by atoms with Crippen LogP contribution < -0.4 is 10.9 Å². The van der Waals surface area contributed by atoms with Gasteiger partial charge in [0.15, 0.2) is 11.0 Å². The largest absolute Gasteiger partial charge is 0.360 e. The van der Waals surface area contributed by atoms with E-state index in [0.717, 1.165) is 11.8 Å². The molecule has 3 heterocycles. The van der Waals surface area contributed by atoms with Crippen molar-refractivity contribution in [2.24, 2.45) is 0 Å². The van der Waals surface area contributed by atoms with Crippen LogP contribution in [0.25, 0.3) is 10.2 Å². The first-order valence-electron chi connectivity index (χ1n) is 8.58. The number of thioether (sulfide) groups is 1. The molecule has 0 unspecified atom stereocenters. The third-order valence-electron chi connectivity index (χ3n) is 4.04. The van der Waals surface area contributed by atoms with Crippen LogP contribution in [0.4, 0.5) is 10.2 Å². The molecule has 1 N–H and O–H groups in total. The van der Waals surface area contributed by atoms with Crippen molar-refractivity contribution in [2.45, 2.75) is 18.6 Å². The molecule has 10 heteroatoms. The number of rotatable bonds is 6.